The molecule has 0 bridgehead atoms. The molecule has 4 heterocycles. The summed E-state index contributed by atoms with van der Waals surface area (Å²) in [7, 11) is 1.37. The van der Waals surface area contributed by atoms with Gasteiger partial charge in [-0.2, -0.15) is 4.98 Å². The number of aryl methyl sites for hydroxylation is 1. The molecule has 0 N–H and O–H groups in total. The molecule has 0 aliphatic carbocycles. The second-order valence-electron chi connectivity index (χ2n) is 7.71. The van der Waals surface area contributed by atoms with Crippen LogP contribution in [0.25, 0.3) is 22.6 Å². The highest BCUT2D eigenvalue weighted by atomic mass is 19.1. The molecule has 1 fully saturated rings. The van der Waals surface area contributed by atoms with E-state index in [1.165, 1.54) is 25.7 Å². The van der Waals surface area contributed by atoms with E-state index in [2.05, 4.69) is 19.9 Å². The Balaban J connectivity index is 1.66. The zero-order valence-electron chi connectivity index (χ0n) is 18.0. The molecule has 0 aromatic carbocycles. The third-order valence-electron chi connectivity index (χ3n) is 5.30. The summed E-state index contributed by atoms with van der Waals surface area (Å²) in [6.07, 6.45) is 3.49. The number of imidazole rings is 1. The number of hydrogen-bond donors (Lipinski definition) is 0. The van der Waals surface area contributed by atoms with E-state index in [-0.39, 0.29) is 23.8 Å². The van der Waals surface area contributed by atoms with Crippen LogP contribution in [0.3, 0.4) is 0 Å². The van der Waals surface area contributed by atoms with Crippen LogP contribution in [0.5, 0.6) is 11.8 Å². The van der Waals surface area contributed by atoms with Crippen molar-refractivity contribution in [3.8, 4) is 23.1 Å². The number of hydrogen-bond acceptors (Lipinski definition) is 7. The molecule has 9 nitrogen and oxygen atoms in total. The highest BCUT2D eigenvalue weighted by Gasteiger charge is 2.30. The van der Waals surface area contributed by atoms with Crippen LogP contribution in [0.15, 0.2) is 18.6 Å². The molecule has 1 aliphatic heterocycles. The number of halogens is 1. The molecule has 1 amide bonds. The summed E-state index contributed by atoms with van der Waals surface area (Å²) in [5.74, 6) is 0.284. The van der Waals surface area contributed by atoms with Crippen LogP contribution in [-0.2, 0) is 11.3 Å². The number of likely N-dealkylation sites (tertiary alicyclic amines) is 1. The van der Waals surface area contributed by atoms with Crippen LogP contribution < -0.4 is 9.47 Å². The van der Waals surface area contributed by atoms with Crippen molar-refractivity contribution >= 4 is 17.1 Å². The van der Waals surface area contributed by atoms with Gasteiger partial charge in [-0.15, -0.1) is 0 Å². The number of nitrogens with zero attached hydrogens (tertiary/aromatic N) is 6. The molecule has 10 heteroatoms. The van der Waals surface area contributed by atoms with E-state index in [0.717, 1.165) is 6.42 Å². The van der Waals surface area contributed by atoms with Gasteiger partial charge >= 0.3 is 0 Å². The smallest absolute Gasteiger partial charge is 0.250 e. The normalized spacial score (nSPS) is 16.3. The minimum absolute atomic E-state index is 0.0502. The molecule has 3 aromatic heterocycles. The first kappa shape index (κ1) is 21.0. The van der Waals surface area contributed by atoms with Gasteiger partial charge in [-0.3, -0.25) is 4.79 Å². The fourth-order valence-corrected chi connectivity index (χ4v) is 3.77. The number of ether oxygens (including phenoxy) is 2. The van der Waals surface area contributed by atoms with Crippen molar-refractivity contribution in [2.75, 3.05) is 20.2 Å². The number of carbonyl (C=O) groups is 1. The van der Waals surface area contributed by atoms with Crippen molar-refractivity contribution in [3.63, 3.8) is 0 Å². The van der Waals surface area contributed by atoms with Crippen molar-refractivity contribution in [3.05, 3.63) is 24.4 Å². The fraction of sp³-hybridized carbons (Fsp3) is 0.476. The van der Waals surface area contributed by atoms with Crippen molar-refractivity contribution in [2.24, 2.45) is 5.92 Å². The Morgan fingerprint density at radius 1 is 1.29 bits per heavy atom. The largest absolute Gasteiger partial charge is 0.479 e. The van der Waals surface area contributed by atoms with Gasteiger partial charge in [0.2, 0.25) is 17.7 Å². The lowest BCUT2D eigenvalue weighted by molar-refractivity contribution is -0.133. The van der Waals surface area contributed by atoms with Gasteiger partial charge in [0.25, 0.3) is 0 Å². The summed E-state index contributed by atoms with van der Waals surface area (Å²) in [5.41, 5.74) is 1.58. The molecular formula is C21H25FN6O3. The van der Waals surface area contributed by atoms with Crippen molar-refractivity contribution in [2.45, 2.75) is 39.8 Å². The van der Waals surface area contributed by atoms with Gasteiger partial charge in [-0.1, -0.05) is 13.8 Å². The Labute approximate surface area is 179 Å². The van der Waals surface area contributed by atoms with E-state index in [0.29, 0.717) is 48.1 Å². The van der Waals surface area contributed by atoms with Gasteiger partial charge in [0.05, 0.1) is 13.7 Å². The second kappa shape index (κ2) is 8.44. The number of aromatic nitrogens is 5. The lowest BCUT2D eigenvalue weighted by Gasteiger charge is -2.18. The number of rotatable bonds is 6. The van der Waals surface area contributed by atoms with Gasteiger partial charge in [0.15, 0.2) is 17.0 Å². The summed E-state index contributed by atoms with van der Waals surface area (Å²) < 4.78 is 27.1. The van der Waals surface area contributed by atoms with Crippen LogP contribution in [0.4, 0.5) is 4.39 Å². The Hall–Kier alpha value is -3.30. The summed E-state index contributed by atoms with van der Waals surface area (Å²) in [6, 6.07) is 1.33. The van der Waals surface area contributed by atoms with Crippen molar-refractivity contribution in [1.29, 1.82) is 0 Å². The SMILES string of the molecule is CCn1c(-c2cnc(OC)c(F)c2)nc2c(OC3CCN(C(=O)C(C)C)C3)ncnc21. The molecular weight excluding hydrogens is 403 g/mol. The summed E-state index contributed by atoms with van der Waals surface area (Å²) >= 11 is 0. The third kappa shape index (κ3) is 3.89. The number of amides is 1. The monoisotopic (exact) mass is 428 g/mol. The molecule has 0 spiro atoms. The van der Waals surface area contributed by atoms with Crippen LogP contribution >= 0.6 is 0 Å². The molecule has 1 unspecified atom stereocenters. The molecule has 164 valence electrons. The predicted molar refractivity (Wildman–Crippen MR) is 111 cm³/mol. The minimum atomic E-state index is -0.571. The lowest BCUT2D eigenvalue weighted by Crippen LogP contribution is -2.33. The first-order chi connectivity index (χ1) is 14.9. The van der Waals surface area contributed by atoms with E-state index in [9.17, 15) is 9.18 Å². The van der Waals surface area contributed by atoms with Crippen LogP contribution in [0.2, 0.25) is 0 Å². The van der Waals surface area contributed by atoms with Gasteiger partial charge in [0.1, 0.15) is 18.3 Å². The van der Waals surface area contributed by atoms with Crippen molar-refractivity contribution in [1.82, 2.24) is 29.4 Å². The Morgan fingerprint density at radius 2 is 2.10 bits per heavy atom. The summed E-state index contributed by atoms with van der Waals surface area (Å²) in [4.78, 5) is 31.4. The maximum absolute atomic E-state index is 14.2. The Kier molecular flexibility index (Phi) is 5.71. The number of pyridine rings is 1. The summed E-state index contributed by atoms with van der Waals surface area (Å²) in [6.45, 7) is 7.46. The van der Waals surface area contributed by atoms with E-state index in [1.54, 1.807) is 0 Å². The molecule has 31 heavy (non-hydrogen) atoms. The number of methoxy groups -OCH3 is 1. The van der Waals surface area contributed by atoms with Gasteiger partial charge in [-0.25, -0.2) is 19.3 Å². The van der Waals surface area contributed by atoms with Crippen molar-refractivity contribution < 1.29 is 18.7 Å². The Morgan fingerprint density at radius 3 is 2.77 bits per heavy atom. The maximum atomic E-state index is 14.2. The topological polar surface area (TPSA) is 95.3 Å². The second-order valence-corrected chi connectivity index (χ2v) is 7.71. The number of fused-ring (bicyclic) bond motifs is 1. The first-order valence-electron chi connectivity index (χ1n) is 10.3. The standard InChI is InChI=1S/C21H25FN6O3/c1-5-28-17(13-8-15(22)19(30-4)23-9-13)26-16-18(28)24-11-25-20(16)31-14-6-7-27(10-14)21(29)12(2)3/h8-9,11-12,14H,5-7,10H2,1-4H3. The van der Waals surface area contributed by atoms with Gasteiger partial charge < -0.3 is 18.9 Å². The lowest BCUT2D eigenvalue weighted by atomic mass is 10.2. The van der Waals surface area contributed by atoms with E-state index < -0.39 is 5.82 Å². The zero-order chi connectivity index (χ0) is 22.1. The molecule has 4 rings (SSSR count). The molecule has 0 saturated carbocycles. The predicted octanol–water partition coefficient (Wildman–Crippen LogP) is 2.69. The average Bonchev–Trinajstić information content (AvgIpc) is 3.38. The van der Waals surface area contributed by atoms with Gasteiger partial charge in [-0.05, 0) is 13.0 Å². The fourth-order valence-electron chi connectivity index (χ4n) is 3.77. The highest BCUT2D eigenvalue weighted by molar-refractivity contribution is 5.81. The molecule has 3 aromatic rings. The van der Waals surface area contributed by atoms with Crippen LogP contribution in [-0.4, -0.2) is 61.6 Å². The summed E-state index contributed by atoms with van der Waals surface area (Å²) in [5, 5.41) is 0. The molecule has 1 atom stereocenters. The highest BCUT2D eigenvalue weighted by Crippen LogP contribution is 2.30. The molecule has 1 aliphatic rings. The molecule has 0 radical (unpaired) electrons. The minimum Gasteiger partial charge on any atom is -0.479 e. The third-order valence-corrected chi connectivity index (χ3v) is 5.30. The quantitative estimate of drug-likeness (QED) is 0.596. The average molecular weight is 428 g/mol. The van der Waals surface area contributed by atoms with E-state index in [4.69, 9.17) is 9.47 Å². The van der Waals surface area contributed by atoms with E-state index >= 15 is 0 Å². The Bertz CT molecular complexity index is 1120. The molecule has 1 saturated heterocycles. The maximum Gasteiger partial charge on any atom is 0.250 e. The number of carbonyl (C=O) groups excluding carboxylic acids is 1. The van der Waals surface area contributed by atoms with Gasteiger partial charge in [0, 0.05) is 37.2 Å². The first-order valence-corrected chi connectivity index (χ1v) is 10.3. The van der Waals surface area contributed by atoms with Crippen LogP contribution in [0, 0.1) is 11.7 Å². The van der Waals surface area contributed by atoms with E-state index in [1.807, 2.05) is 30.2 Å². The van der Waals surface area contributed by atoms with Crippen LogP contribution in [0.1, 0.15) is 27.2 Å². The zero-order valence-corrected chi connectivity index (χ0v) is 18.0.